The molecule has 0 aliphatic carbocycles. The van der Waals surface area contributed by atoms with Gasteiger partial charge in [0.1, 0.15) is 11.6 Å². The van der Waals surface area contributed by atoms with Crippen LogP contribution in [0.5, 0.6) is 0 Å². The summed E-state index contributed by atoms with van der Waals surface area (Å²) in [5, 5.41) is 8.85. The zero-order valence-corrected chi connectivity index (χ0v) is 10.1. The normalized spacial score (nSPS) is 10.1. The molecule has 0 saturated carbocycles. The van der Waals surface area contributed by atoms with Crippen molar-refractivity contribution in [2.45, 2.75) is 17.0 Å². The number of hydrogen-bond acceptors (Lipinski definition) is 4. The van der Waals surface area contributed by atoms with Gasteiger partial charge in [0.15, 0.2) is 5.16 Å². The lowest BCUT2D eigenvalue weighted by Crippen LogP contribution is -1.93. The van der Waals surface area contributed by atoms with Crippen molar-refractivity contribution in [2.75, 3.05) is 0 Å². The molecule has 0 aliphatic rings. The van der Waals surface area contributed by atoms with Gasteiger partial charge in [0.25, 0.3) is 0 Å². The van der Waals surface area contributed by atoms with Gasteiger partial charge in [-0.25, -0.2) is 18.7 Å². The number of rotatable bonds is 2. The minimum absolute atomic E-state index is 0.0560. The Kier molecular flexibility index (Phi) is 3.53. The van der Waals surface area contributed by atoms with E-state index in [9.17, 15) is 8.78 Å². The van der Waals surface area contributed by atoms with Crippen LogP contribution >= 0.6 is 11.8 Å². The first-order chi connectivity index (χ1) is 8.60. The summed E-state index contributed by atoms with van der Waals surface area (Å²) in [5.74, 6) is -1.58. The molecule has 2 rings (SSSR count). The minimum Gasteiger partial charge on any atom is -0.231 e. The first-order valence-electron chi connectivity index (χ1n) is 4.97. The van der Waals surface area contributed by atoms with Gasteiger partial charge >= 0.3 is 0 Å². The summed E-state index contributed by atoms with van der Waals surface area (Å²) in [4.78, 5) is 7.75. The van der Waals surface area contributed by atoms with E-state index in [4.69, 9.17) is 5.26 Å². The first-order valence-corrected chi connectivity index (χ1v) is 5.78. The second-order valence-corrected chi connectivity index (χ2v) is 4.44. The van der Waals surface area contributed by atoms with E-state index < -0.39 is 11.6 Å². The first kappa shape index (κ1) is 12.5. The van der Waals surface area contributed by atoms with Gasteiger partial charge in [-0.05, 0) is 36.9 Å². The van der Waals surface area contributed by atoms with Crippen molar-refractivity contribution in [3.05, 3.63) is 47.3 Å². The molecule has 0 aliphatic heterocycles. The lowest BCUT2D eigenvalue weighted by atomic mass is 10.2. The second-order valence-electron chi connectivity index (χ2n) is 3.46. The molecule has 90 valence electrons. The van der Waals surface area contributed by atoms with Crippen molar-refractivity contribution in [3.8, 4) is 6.07 Å². The molecule has 2 aromatic rings. The maximum atomic E-state index is 13.6. The number of benzene rings is 1. The molecule has 3 nitrogen and oxygen atoms in total. The molecule has 1 aromatic carbocycles. The summed E-state index contributed by atoms with van der Waals surface area (Å²) in [7, 11) is 0. The number of aryl methyl sites for hydroxylation is 1. The summed E-state index contributed by atoms with van der Waals surface area (Å²) in [5.41, 5.74) is 0.654. The third-order valence-electron chi connectivity index (χ3n) is 2.09. The Balaban J connectivity index is 2.38. The molecule has 0 amide bonds. The van der Waals surface area contributed by atoms with Crippen LogP contribution in [0.2, 0.25) is 0 Å². The molecular formula is C12H7F2N3S. The molecular weight excluding hydrogens is 256 g/mol. The monoisotopic (exact) mass is 263 g/mol. The number of nitriles is 1. The third kappa shape index (κ3) is 2.63. The summed E-state index contributed by atoms with van der Waals surface area (Å²) < 4.78 is 27.2. The summed E-state index contributed by atoms with van der Waals surface area (Å²) >= 11 is 0.793. The minimum atomic E-state index is -0.790. The van der Waals surface area contributed by atoms with E-state index in [1.165, 1.54) is 6.20 Å². The van der Waals surface area contributed by atoms with Crippen LogP contribution < -0.4 is 0 Å². The molecule has 6 heteroatoms. The quantitative estimate of drug-likeness (QED) is 0.781. The zero-order chi connectivity index (χ0) is 13.1. The van der Waals surface area contributed by atoms with Gasteiger partial charge in [0.05, 0.1) is 16.5 Å². The zero-order valence-electron chi connectivity index (χ0n) is 9.32. The van der Waals surface area contributed by atoms with Gasteiger partial charge < -0.3 is 0 Å². The van der Waals surface area contributed by atoms with E-state index in [0.717, 1.165) is 23.9 Å². The predicted molar refractivity (Wildman–Crippen MR) is 62.0 cm³/mol. The fourth-order valence-electron chi connectivity index (χ4n) is 1.29. The molecule has 0 N–H and O–H groups in total. The van der Waals surface area contributed by atoms with Gasteiger partial charge in [-0.15, -0.1) is 0 Å². The van der Waals surface area contributed by atoms with Crippen molar-refractivity contribution >= 4 is 11.8 Å². The molecule has 18 heavy (non-hydrogen) atoms. The van der Waals surface area contributed by atoms with E-state index in [-0.39, 0.29) is 15.6 Å². The standard InChI is InChI=1S/C12H7F2N3S/c1-7-2-3-16-12(17-7)18-11-9(13)4-8(6-15)5-10(11)14/h2-5H,1H3. The molecule has 0 unspecified atom stereocenters. The largest absolute Gasteiger partial charge is 0.231 e. The van der Waals surface area contributed by atoms with Crippen molar-refractivity contribution < 1.29 is 8.78 Å². The van der Waals surface area contributed by atoms with Gasteiger partial charge in [0, 0.05) is 11.9 Å². The SMILES string of the molecule is Cc1ccnc(Sc2c(F)cc(C#N)cc2F)n1. The average molecular weight is 263 g/mol. The molecule has 0 atom stereocenters. The molecule has 1 heterocycles. The van der Waals surface area contributed by atoms with Crippen LogP contribution in [0.3, 0.4) is 0 Å². The fraction of sp³-hybridized carbons (Fsp3) is 0.0833. The van der Waals surface area contributed by atoms with Gasteiger partial charge in [0.2, 0.25) is 0 Å². The Labute approximate surface area is 107 Å². The lowest BCUT2D eigenvalue weighted by Gasteiger charge is -2.04. The highest BCUT2D eigenvalue weighted by Gasteiger charge is 2.14. The van der Waals surface area contributed by atoms with E-state index in [1.54, 1.807) is 19.1 Å². The van der Waals surface area contributed by atoms with Crippen LogP contribution in [0.15, 0.2) is 34.4 Å². The lowest BCUT2D eigenvalue weighted by molar-refractivity contribution is 0.539. The summed E-state index contributed by atoms with van der Waals surface area (Å²) in [6.45, 7) is 1.76. The fourth-order valence-corrected chi connectivity index (χ4v) is 2.09. The Morgan fingerprint density at radius 1 is 1.28 bits per heavy atom. The van der Waals surface area contributed by atoms with Crippen molar-refractivity contribution in [1.82, 2.24) is 9.97 Å². The molecule has 0 bridgehead atoms. The van der Waals surface area contributed by atoms with Crippen LogP contribution in [-0.2, 0) is 0 Å². The Bertz CT molecular complexity index is 614. The van der Waals surface area contributed by atoms with Crippen molar-refractivity contribution in [3.63, 3.8) is 0 Å². The van der Waals surface area contributed by atoms with Crippen molar-refractivity contribution in [1.29, 1.82) is 5.26 Å². The third-order valence-corrected chi connectivity index (χ3v) is 3.07. The maximum absolute atomic E-state index is 13.6. The maximum Gasteiger partial charge on any atom is 0.192 e. The Hall–Kier alpha value is -2.00. The Morgan fingerprint density at radius 3 is 2.50 bits per heavy atom. The summed E-state index contributed by atoms with van der Waals surface area (Å²) in [6, 6.07) is 5.35. The highest BCUT2D eigenvalue weighted by atomic mass is 32.2. The number of halogens is 2. The Morgan fingerprint density at radius 2 is 1.94 bits per heavy atom. The number of aromatic nitrogens is 2. The van der Waals surface area contributed by atoms with E-state index in [2.05, 4.69) is 9.97 Å². The average Bonchev–Trinajstić information content (AvgIpc) is 2.33. The van der Waals surface area contributed by atoms with E-state index in [0.29, 0.717) is 5.69 Å². The highest BCUT2D eigenvalue weighted by Crippen LogP contribution is 2.30. The highest BCUT2D eigenvalue weighted by molar-refractivity contribution is 7.99. The predicted octanol–water partition coefficient (Wildman–Crippen LogP) is 3.09. The molecule has 0 spiro atoms. The van der Waals surface area contributed by atoms with Gasteiger partial charge in [-0.2, -0.15) is 5.26 Å². The van der Waals surface area contributed by atoms with E-state index in [1.807, 2.05) is 0 Å². The van der Waals surface area contributed by atoms with Crippen molar-refractivity contribution in [2.24, 2.45) is 0 Å². The number of hydrogen-bond donors (Lipinski definition) is 0. The second kappa shape index (κ2) is 5.10. The molecule has 0 radical (unpaired) electrons. The van der Waals surface area contributed by atoms with Crippen LogP contribution in [0.1, 0.15) is 11.3 Å². The van der Waals surface area contributed by atoms with Gasteiger partial charge in [-0.1, -0.05) is 0 Å². The number of nitrogens with zero attached hydrogens (tertiary/aromatic N) is 3. The molecule has 0 saturated heterocycles. The van der Waals surface area contributed by atoms with Crippen LogP contribution in [0, 0.1) is 29.9 Å². The topological polar surface area (TPSA) is 49.6 Å². The van der Waals surface area contributed by atoms with Crippen LogP contribution in [0.4, 0.5) is 8.78 Å². The molecule has 1 aromatic heterocycles. The van der Waals surface area contributed by atoms with E-state index >= 15 is 0 Å². The summed E-state index contributed by atoms with van der Waals surface area (Å²) in [6.07, 6.45) is 1.52. The molecule has 0 fully saturated rings. The van der Waals surface area contributed by atoms with Crippen LogP contribution in [-0.4, -0.2) is 9.97 Å². The smallest absolute Gasteiger partial charge is 0.192 e. The van der Waals surface area contributed by atoms with Gasteiger partial charge in [-0.3, -0.25) is 0 Å². The van der Waals surface area contributed by atoms with Crippen LogP contribution in [0.25, 0.3) is 0 Å².